The van der Waals surface area contributed by atoms with Gasteiger partial charge in [-0.1, -0.05) is 6.07 Å². The smallest absolute Gasteiger partial charge is 0.247 e. The topological polar surface area (TPSA) is 67.2 Å². The molecule has 2 amide bonds. The molecule has 0 bridgehead atoms. The number of benzene rings is 1. The van der Waals surface area contributed by atoms with Crippen LogP contribution in [0.3, 0.4) is 0 Å². The lowest BCUT2D eigenvalue weighted by Gasteiger charge is -2.22. The lowest BCUT2D eigenvalue weighted by Crippen LogP contribution is -2.46. The molecule has 1 aliphatic heterocycles. The SMILES string of the molecule is O=C(NC1CC1)C1CCCN1C(=O)/C=C/c1ccc(-n2cc(Br)cn2)c(F)c1. The second-order valence-corrected chi connectivity index (χ2v) is 8.04. The third-order valence-electron chi connectivity index (χ3n) is 4.95. The van der Waals surface area contributed by atoms with E-state index in [4.69, 9.17) is 0 Å². The van der Waals surface area contributed by atoms with Gasteiger partial charge in [0.2, 0.25) is 11.8 Å². The molecular formula is C20H20BrFN4O2. The largest absolute Gasteiger partial charge is 0.352 e. The Bertz CT molecular complexity index is 938. The molecule has 1 atom stereocenters. The molecule has 1 aromatic heterocycles. The zero-order valence-corrected chi connectivity index (χ0v) is 16.7. The summed E-state index contributed by atoms with van der Waals surface area (Å²) in [5.74, 6) is -0.732. The highest BCUT2D eigenvalue weighted by molar-refractivity contribution is 9.10. The molecule has 1 saturated carbocycles. The van der Waals surface area contributed by atoms with Gasteiger partial charge in [-0.05, 0) is 65.4 Å². The van der Waals surface area contributed by atoms with Gasteiger partial charge in [0.1, 0.15) is 17.5 Å². The Labute approximate surface area is 170 Å². The van der Waals surface area contributed by atoms with Gasteiger partial charge in [0, 0.05) is 24.9 Å². The van der Waals surface area contributed by atoms with E-state index in [1.807, 2.05) is 0 Å². The fourth-order valence-electron chi connectivity index (χ4n) is 3.34. The first-order valence-electron chi connectivity index (χ1n) is 9.30. The van der Waals surface area contributed by atoms with Gasteiger partial charge in [-0.25, -0.2) is 9.07 Å². The molecule has 2 aliphatic rings. The molecule has 1 saturated heterocycles. The molecular weight excluding hydrogens is 427 g/mol. The Kier molecular flexibility index (Phi) is 5.30. The van der Waals surface area contributed by atoms with E-state index in [2.05, 4.69) is 26.3 Å². The minimum absolute atomic E-state index is 0.0671. The molecule has 6 nitrogen and oxygen atoms in total. The van der Waals surface area contributed by atoms with Gasteiger partial charge in [-0.2, -0.15) is 5.10 Å². The van der Waals surface area contributed by atoms with E-state index in [0.717, 1.165) is 23.7 Å². The first-order valence-corrected chi connectivity index (χ1v) is 10.1. The molecule has 2 aromatic rings. The van der Waals surface area contributed by atoms with Crippen LogP contribution in [0.4, 0.5) is 4.39 Å². The van der Waals surface area contributed by atoms with Crippen molar-refractivity contribution in [1.82, 2.24) is 20.0 Å². The molecule has 146 valence electrons. The van der Waals surface area contributed by atoms with Gasteiger partial charge in [-0.3, -0.25) is 9.59 Å². The number of rotatable bonds is 5. The van der Waals surface area contributed by atoms with Crippen molar-refractivity contribution in [3.8, 4) is 5.69 Å². The average molecular weight is 447 g/mol. The third-order valence-corrected chi connectivity index (χ3v) is 5.36. The molecule has 0 spiro atoms. The molecule has 28 heavy (non-hydrogen) atoms. The zero-order valence-electron chi connectivity index (χ0n) is 15.1. The van der Waals surface area contributed by atoms with Crippen molar-refractivity contribution < 1.29 is 14.0 Å². The minimum Gasteiger partial charge on any atom is -0.352 e. The highest BCUT2D eigenvalue weighted by atomic mass is 79.9. The monoisotopic (exact) mass is 446 g/mol. The summed E-state index contributed by atoms with van der Waals surface area (Å²) in [6, 6.07) is 4.56. The number of carbonyl (C=O) groups excluding carboxylic acids is 2. The summed E-state index contributed by atoms with van der Waals surface area (Å²) in [7, 11) is 0. The van der Waals surface area contributed by atoms with Crippen molar-refractivity contribution in [2.45, 2.75) is 37.8 Å². The van der Waals surface area contributed by atoms with Gasteiger partial charge in [0.15, 0.2) is 0 Å². The summed E-state index contributed by atoms with van der Waals surface area (Å²) < 4.78 is 16.6. The lowest BCUT2D eigenvalue weighted by atomic mass is 10.1. The Balaban J connectivity index is 1.43. The quantitative estimate of drug-likeness (QED) is 0.717. The second-order valence-electron chi connectivity index (χ2n) is 7.12. The summed E-state index contributed by atoms with van der Waals surface area (Å²) in [5.41, 5.74) is 0.893. The summed E-state index contributed by atoms with van der Waals surface area (Å²) in [6.45, 7) is 0.563. The number of nitrogens with one attached hydrogen (secondary N) is 1. The maximum atomic E-state index is 14.4. The lowest BCUT2D eigenvalue weighted by molar-refractivity contribution is -0.135. The standard InChI is InChI=1S/C20H20BrFN4O2/c21-14-11-23-26(12-14)17-7-3-13(10-16(17)22)4-8-19(27)25-9-1-2-18(25)20(28)24-15-5-6-15/h3-4,7-8,10-12,15,18H,1-2,5-6,9H2,(H,24,28)/b8-4+. The number of hydrogen-bond acceptors (Lipinski definition) is 3. The van der Waals surface area contributed by atoms with Crippen molar-refractivity contribution >= 4 is 33.8 Å². The molecule has 1 aromatic carbocycles. The summed E-state index contributed by atoms with van der Waals surface area (Å²) in [5, 5.41) is 7.03. The molecule has 4 rings (SSSR count). The Hall–Kier alpha value is -2.48. The van der Waals surface area contributed by atoms with Crippen LogP contribution in [0.15, 0.2) is 41.1 Å². The number of carbonyl (C=O) groups is 2. The number of halogens is 2. The zero-order chi connectivity index (χ0) is 19.7. The van der Waals surface area contributed by atoms with Crippen LogP contribution in [-0.4, -0.2) is 45.1 Å². The van der Waals surface area contributed by atoms with E-state index >= 15 is 0 Å². The van der Waals surface area contributed by atoms with Gasteiger partial charge in [-0.15, -0.1) is 0 Å². The Morgan fingerprint density at radius 3 is 2.79 bits per heavy atom. The predicted molar refractivity (Wildman–Crippen MR) is 106 cm³/mol. The Morgan fingerprint density at radius 1 is 1.29 bits per heavy atom. The van der Waals surface area contributed by atoms with Crippen molar-refractivity contribution in [3.05, 3.63) is 52.5 Å². The van der Waals surface area contributed by atoms with Crippen molar-refractivity contribution in [3.63, 3.8) is 0 Å². The number of likely N-dealkylation sites (tertiary alicyclic amines) is 1. The number of amides is 2. The van der Waals surface area contributed by atoms with Crippen LogP contribution in [0.5, 0.6) is 0 Å². The van der Waals surface area contributed by atoms with E-state index in [-0.39, 0.29) is 17.9 Å². The molecule has 2 fully saturated rings. The maximum Gasteiger partial charge on any atom is 0.247 e. The van der Waals surface area contributed by atoms with Crippen LogP contribution in [0, 0.1) is 5.82 Å². The van der Waals surface area contributed by atoms with E-state index in [1.54, 1.807) is 35.5 Å². The molecule has 1 unspecified atom stereocenters. The molecule has 1 aliphatic carbocycles. The number of nitrogens with zero attached hydrogens (tertiary/aromatic N) is 3. The first-order chi connectivity index (χ1) is 13.5. The highest BCUT2D eigenvalue weighted by Crippen LogP contribution is 2.23. The highest BCUT2D eigenvalue weighted by Gasteiger charge is 2.35. The van der Waals surface area contributed by atoms with Crippen LogP contribution in [0.1, 0.15) is 31.2 Å². The molecule has 1 N–H and O–H groups in total. The molecule has 8 heteroatoms. The number of aromatic nitrogens is 2. The summed E-state index contributed by atoms with van der Waals surface area (Å²) in [6.07, 6.45) is 9.75. The van der Waals surface area contributed by atoms with E-state index < -0.39 is 11.9 Å². The first kappa shape index (κ1) is 18.9. The summed E-state index contributed by atoms with van der Waals surface area (Å²) >= 11 is 3.29. The van der Waals surface area contributed by atoms with Gasteiger partial charge in [0.25, 0.3) is 0 Å². The number of hydrogen-bond donors (Lipinski definition) is 1. The van der Waals surface area contributed by atoms with Crippen molar-refractivity contribution in [2.75, 3.05) is 6.54 Å². The van der Waals surface area contributed by atoms with E-state index in [1.165, 1.54) is 16.8 Å². The second kappa shape index (κ2) is 7.87. The maximum absolute atomic E-state index is 14.4. The predicted octanol–water partition coefficient (Wildman–Crippen LogP) is 3.06. The van der Waals surface area contributed by atoms with Crippen molar-refractivity contribution in [1.29, 1.82) is 0 Å². The van der Waals surface area contributed by atoms with Crippen LogP contribution < -0.4 is 5.32 Å². The van der Waals surface area contributed by atoms with Gasteiger partial charge >= 0.3 is 0 Å². The fourth-order valence-corrected chi connectivity index (χ4v) is 3.62. The van der Waals surface area contributed by atoms with Gasteiger partial charge < -0.3 is 10.2 Å². The normalized spacial score (nSPS) is 19.4. The van der Waals surface area contributed by atoms with Crippen LogP contribution in [-0.2, 0) is 9.59 Å². The minimum atomic E-state index is -0.437. The van der Waals surface area contributed by atoms with Crippen molar-refractivity contribution in [2.24, 2.45) is 0 Å². The fraction of sp³-hybridized carbons (Fsp3) is 0.350. The average Bonchev–Trinajstić information content (AvgIpc) is 3.17. The van der Waals surface area contributed by atoms with E-state index in [0.29, 0.717) is 24.2 Å². The molecule has 2 heterocycles. The molecule has 0 radical (unpaired) electrons. The third kappa shape index (κ3) is 4.16. The van der Waals surface area contributed by atoms with Crippen LogP contribution >= 0.6 is 15.9 Å². The van der Waals surface area contributed by atoms with Gasteiger partial charge in [0.05, 0.1) is 10.7 Å². The Morgan fingerprint density at radius 2 is 2.11 bits per heavy atom. The summed E-state index contributed by atoms with van der Waals surface area (Å²) in [4.78, 5) is 26.5. The van der Waals surface area contributed by atoms with Crippen LogP contribution in [0.25, 0.3) is 11.8 Å². The van der Waals surface area contributed by atoms with E-state index in [9.17, 15) is 14.0 Å². The van der Waals surface area contributed by atoms with Crippen LogP contribution in [0.2, 0.25) is 0 Å².